The molecule has 0 aliphatic carbocycles. The van der Waals surface area contributed by atoms with Gasteiger partial charge in [-0.3, -0.25) is 4.98 Å². The number of carbonyl (C=O) groups is 1. The van der Waals surface area contributed by atoms with E-state index in [0.29, 0.717) is 12.0 Å². The summed E-state index contributed by atoms with van der Waals surface area (Å²) in [6.07, 6.45) is 2.40. The Kier molecular flexibility index (Phi) is 7.13. The number of nitrogens with one attached hydrogen (secondary N) is 1. The van der Waals surface area contributed by atoms with Gasteiger partial charge in [0.05, 0.1) is 17.7 Å². The maximum atomic E-state index is 8.99. The average molecular weight is 306 g/mol. The van der Waals surface area contributed by atoms with Crippen molar-refractivity contribution in [2.45, 2.75) is 19.4 Å². The minimum absolute atomic E-state index is 0.225. The van der Waals surface area contributed by atoms with Crippen molar-refractivity contribution in [3.05, 3.63) is 53.3 Å². The van der Waals surface area contributed by atoms with Gasteiger partial charge < -0.3 is 10.1 Å². The largest absolute Gasteiger partial charge is 0.307 e. The van der Waals surface area contributed by atoms with Gasteiger partial charge in [-0.2, -0.15) is 10.5 Å². The predicted octanol–water partition coefficient (Wildman–Crippen LogP) is 2.40. The highest BCUT2D eigenvalue weighted by molar-refractivity contribution is 5.64. The lowest BCUT2D eigenvalue weighted by Gasteiger charge is -2.11. The number of carbonyl (C=O) groups excluding carboxylic acids is 1. The molecule has 0 aliphatic rings. The molecule has 0 amide bonds. The molecule has 2 rings (SSSR count). The lowest BCUT2D eigenvalue weighted by molar-refractivity contribution is -0.0979. The fraction of sp³-hybridized carbons (Fsp3) is 0.222. The van der Waals surface area contributed by atoms with Crippen molar-refractivity contribution in [3.63, 3.8) is 0 Å². The Hall–Kier alpha value is -3.02. The number of nitriles is 2. The molecule has 1 heterocycles. The number of benzene rings is 1. The van der Waals surface area contributed by atoms with Gasteiger partial charge in [0.2, 0.25) is 0 Å². The van der Waals surface area contributed by atoms with Crippen LogP contribution in [0, 0.1) is 29.6 Å². The standard InChI is InChI=1S/C17H16N4.CH2O/c1-12-7-15(14-5-3-13(9-18)4-6-14)11-21-17(12)8-16(10-19)20-2;1-2/h3-7,11,16,20H,8H2,1-2H3;1H2. The van der Waals surface area contributed by atoms with Gasteiger partial charge in [0.15, 0.2) is 0 Å². The second-order valence-electron chi connectivity index (χ2n) is 4.85. The van der Waals surface area contributed by atoms with Crippen molar-refractivity contribution in [1.82, 2.24) is 10.3 Å². The fourth-order valence-electron chi connectivity index (χ4n) is 2.12. The molecular formula is C18H18N4O. The van der Waals surface area contributed by atoms with Crippen LogP contribution < -0.4 is 5.32 Å². The highest BCUT2D eigenvalue weighted by Gasteiger charge is 2.10. The normalized spacial score (nSPS) is 10.6. The zero-order chi connectivity index (χ0) is 17.2. The van der Waals surface area contributed by atoms with Crippen molar-refractivity contribution >= 4 is 6.79 Å². The van der Waals surface area contributed by atoms with E-state index in [1.807, 2.05) is 32.0 Å². The Bertz CT molecular complexity index is 726. The zero-order valence-corrected chi connectivity index (χ0v) is 13.2. The second-order valence-corrected chi connectivity index (χ2v) is 4.85. The van der Waals surface area contributed by atoms with E-state index in [0.717, 1.165) is 22.4 Å². The first-order valence-corrected chi connectivity index (χ1v) is 6.99. The lowest BCUT2D eigenvalue weighted by Crippen LogP contribution is -2.26. The van der Waals surface area contributed by atoms with Gasteiger partial charge in [-0.05, 0) is 43.3 Å². The van der Waals surface area contributed by atoms with E-state index in [-0.39, 0.29) is 6.04 Å². The molecule has 0 radical (unpaired) electrons. The molecular weight excluding hydrogens is 288 g/mol. The van der Waals surface area contributed by atoms with Crippen LogP contribution in [0.1, 0.15) is 16.8 Å². The first-order valence-electron chi connectivity index (χ1n) is 6.99. The average Bonchev–Trinajstić information content (AvgIpc) is 2.62. The monoisotopic (exact) mass is 306 g/mol. The van der Waals surface area contributed by atoms with Crippen LogP contribution in [0.5, 0.6) is 0 Å². The molecule has 0 saturated heterocycles. The number of pyridine rings is 1. The van der Waals surface area contributed by atoms with Gasteiger partial charge in [-0.1, -0.05) is 12.1 Å². The number of aromatic nitrogens is 1. The number of rotatable bonds is 4. The minimum atomic E-state index is -0.225. The van der Waals surface area contributed by atoms with Crippen LogP contribution in [-0.4, -0.2) is 24.9 Å². The fourth-order valence-corrected chi connectivity index (χ4v) is 2.12. The molecule has 23 heavy (non-hydrogen) atoms. The van der Waals surface area contributed by atoms with Gasteiger partial charge in [0.25, 0.3) is 0 Å². The third-order valence-electron chi connectivity index (χ3n) is 3.44. The lowest BCUT2D eigenvalue weighted by atomic mass is 10.0. The number of hydrogen-bond donors (Lipinski definition) is 1. The number of likely N-dealkylation sites (N-methyl/N-ethyl adjacent to an activating group) is 1. The third kappa shape index (κ3) is 4.74. The van der Waals surface area contributed by atoms with E-state index in [1.54, 1.807) is 19.2 Å². The highest BCUT2D eigenvalue weighted by Crippen LogP contribution is 2.21. The molecule has 1 N–H and O–H groups in total. The predicted molar refractivity (Wildman–Crippen MR) is 88.4 cm³/mol. The Morgan fingerprint density at radius 2 is 1.87 bits per heavy atom. The molecule has 116 valence electrons. The van der Waals surface area contributed by atoms with Gasteiger partial charge in [-0.25, -0.2) is 0 Å². The van der Waals surface area contributed by atoms with E-state index >= 15 is 0 Å². The molecule has 0 fully saturated rings. The summed E-state index contributed by atoms with van der Waals surface area (Å²) in [4.78, 5) is 12.5. The Morgan fingerprint density at radius 1 is 1.22 bits per heavy atom. The number of nitrogens with zero attached hydrogens (tertiary/aromatic N) is 3. The maximum Gasteiger partial charge on any atom is 0.106 e. The van der Waals surface area contributed by atoms with Crippen molar-refractivity contribution in [2.24, 2.45) is 0 Å². The zero-order valence-electron chi connectivity index (χ0n) is 13.2. The molecule has 2 aromatic rings. The summed E-state index contributed by atoms with van der Waals surface area (Å²) in [6.45, 7) is 4.00. The van der Waals surface area contributed by atoms with Crippen LogP contribution in [0.4, 0.5) is 0 Å². The molecule has 0 aliphatic heterocycles. The summed E-state index contributed by atoms with van der Waals surface area (Å²) in [5, 5.41) is 20.8. The Morgan fingerprint density at radius 3 is 2.35 bits per heavy atom. The summed E-state index contributed by atoms with van der Waals surface area (Å²) in [7, 11) is 1.77. The third-order valence-corrected chi connectivity index (χ3v) is 3.44. The molecule has 0 spiro atoms. The van der Waals surface area contributed by atoms with Crippen molar-refractivity contribution in [1.29, 1.82) is 10.5 Å². The van der Waals surface area contributed by atoms with E-state index in [1.165, 1.54) is 0 Å². The summed E-state index contributed by atoms with van der Waals surface area (Å²) >= 11 is 0. The van der Waals surface area contributed by atoms with Crippen LogP contribution in [0.2, 0.25) is 0 Å². The summed E-state index contributed by atoms with van der Waals surface area (Å²) in [5.41, 5.74) is 4.67. The minimum Gasteiger partial charge on any atom is -0.307 e. The first-order chi connectivity index (χ1) is 11.2. The summed E-state index contributed by atoms with van der Waals surface area (Å²) in [5.74, 6) is 0. The molecule has 1 unspecified atom stereocenters. The van der Waals surface area contributed by atoms with Crippen LogP contribution >= 0.6 is 0 Å². The van der Waals surface area contributed by atoms with Gasteiger partial charge in [0.1, 0.15) is 12.8 Å². The van der Waals surface area contributed by atoms with Crippen LogP contribution in [0.3, 0.4) is 0 Å². The SMILES string of the molecule is C=O.CNC(C#N)Cc1ncc(-c2ccc(C#N)cc2)cc1C. The van der Waals surface area contributed by atoms with Gasteiger partial charge in [-0.15, -0.1) is 0 Å². The van der Waals surface area contributed by atoms with Crippen LogP contribution in [0.25, 0.3) is 11.1 Å². The van der Waals surface area contributed by atoms with Crippen molar-refractivity contribution in [2.75, 3.05) is 7.05 Å². The molecule has 1 aromatic carbocycles. The van der Waals surface area contributed by atoms with E-state index in [4.69, 9.17) is 15.3 Å². The number of hydrogen-bond acceptors (Lipinski definition) is 5. The molecule has 0 saturated carbocycles. The summed E-state index contributed by atoms with van der Waals surface area (Å²) in [6, 6.07) is 13.6. The molecule has 1 aromatic heterocycles. The second kappa shape index (κ2) is 9.09. The molecule has 5 nitrogen and oxygen atoms in total. The van der Waals surface area contributed by atoms with Gasteiger partial charge in [0, 0.05) is 23.9 Å². The van der Waals surface area contributed by atoms with E-state index in [9.17, 15) is 0 Å². The quantitative estimate of drug-likeness (QED) is 0.936. The smallest absolute Gasteiger partial charge is 0.106 e. The first kappa shape index (κ1) is 18.0. The van der Waals surface area contributed by atoms with E-state index in [2.05, 4.69) is 28.5 Å². The van der Waals surface area contributed by atoms with Crippen LogP contribution in [0.15, 0.2) is 36.5 Å². The highest BCUT2D eigenvalue weighted by atomic mass is 16.1. The number of aryl methyl sites for hydroxylation is 1. The van der Waals surface area contributed by atoms with Crippen molar-refractivity contribution in [3.8, 4) is 23.3 Å². The van der Waals surface area contributed by atoms with Gasteiger partial charge >= 0.3 is 0 Å². The maximum absolute atomic E-state index is 8.99. The van der Waals surface area contributed by atoms with Crippen LogP contribution in [-0.2, 0) is 11.2 Å². The molecule has 1 atom stereocenters. The Labute approximate surface area is 136 Å². The molecule has 5 heteroatoms. The molecule has 0 bridgehead atoms. The van der Waals surface area contributed by atoms with E-state index < -0.39 is 0 Å². The Balaban J connectivity index is 0.00000127. The van der Waals surface area contributed by atoms with Crippen molar-refractivity contribution < 1.29 is 4.79 Å². The summed E-state index contributed by atoms with van der Waals surface area (Å²) < 4.78 is 0. The topological polar surface area (TPSA) is 89.6 Å².